The Morgan fingerprint density at radius 1 is 1.55 bits per heavy atom. The molecule has 1 unspecified atom stereocenters. The maximum absolute atomic E-state index is 10.4. The van der Waals surface area contributed by atoms with Gasteiger partial charge >= 0.3 is 18.9 Å². The molecule has 2 aliphatic rings. The average Bonchev–Trinajstić information content (AvgIpc) is 2.57. The Labute approximate surface area is 77.9 Å². The molecule has 0 aromatic rings. The quantitative estimate of drug-likeness (QED) is 0.294. The molecule has 1 saturated heterocycles. The molecule has 56 valence electrons. The average molecular weight is 147 g/mol. The Kier molecular flexibility index (Phi) is 2.34. The molecule has 0 aromatic heterocycles. The van der Waals surface area contributed by atoms with Crippen LogP contribution < -0.4 is 24.0 Å². The topological polar surface area (TPSA) is 43.1 Å². The van der Waals surface area contributed by atoms with Crippen LogP contribution in [0.4, 0.5) is 0 Å². The summed E-state index contributed by atoms with van der Waals surface area (Å²) in [5, 5.41) is 10.4. The van der Waals surface area contributed by atoms with Gasteiger partial charge in [0.15, 0.2) is 0 Å². The molecule has 2 rings (SSSR count). The van der Waals surface area contributed by atoms with Gasteiger partial charge in [-0.1, -0.05) is 0 Å². The van der Waals surface area contributed by atoms with Crippen molar-refractivity contribution in [1.29, 1.82) is 0 Å². The smallest absolute Gasteiger partial charge is 0.548 e. The van der Waals surface area contributed by atoms with Gasteiger partial charge in [-0.2, -0.15) is 0 Å². The molecule has 0 aromatic carbocycles. The zero-order chi connectivity index (χ0) is 7.30. The fraction of sp³-hybridized carbons (Fsp3) is 0.857. The molecule has 2 fully saturated rings. The van der Waals surface area contributed by atoms with E-state index < -0.39 is 5.97 Å². The standard InChI is InChI=1S/C7H11NO2.Li/c1-8-5(4-2-3-4)6(8)7(9)10;/h4-6H,2-3H2,1H3,(H,9,10);/q;+1/p-1/t5-,6-,8?;/m0./s1. The van der Waals surface area contributed by atoms with Gasteiger partial charge in [0, 0.05) is 6.04 Å². The summed E-state index contributed by atoms with van der Waals surface area (Å²) in [6.07, 6.45) is 2.41. The van der Waals surface area contributed by atoms with Crippen LogP contribution in [0.5, 0.6) is 0 Å². The van der Waals surface area contributed by atoms with Crippen LogP contribution in [0.25, 0.3) is 0 Å². The summed E-state index contributed by atoms with van der Waals surface area (Å²) in [5.74, 6) is -0.243. The molecule has 1 saturated carbocycles. The van der Waals surface area contributed by atoms with E-state index in [1.165, 1.54) is 12.8 Å². The molecule has 0 N–H and O–H groups in total. The molecule has 3 atom stereocenters. The van der Waals surface area contributed by atoms with Gasteiger partial charge in [-0.3, -0.25) is 4.90 Å². The minimum Gasteiger partial charge on any atom is -0.548 e. The second kappa shape index (κ2) is 2.82. The van der Waals surface area contributed by atoms with Gasteiger partial charge in [-0.05, 0) is 25.8 Å². The van der Waals surface area contributed by atoms with Crippen LogP contribution in [0.2, 0.25) is 0 Å². The first-order valence-corrected chi connectivity index (χ1v) is 3.64. The fourth-order valence-corrected chi connectivity index (χ4v) is 1.70. The minimum atomic E-state index is -0.903. The molecular weight excluding hydrogens is 137 g/mol. The monoisotopic (exact) mass is 147 g/mol. The van der Waals surface area contributed by atoms with Gasteiger partial charge in [0.2, 0.25) is 0 Å². The van der Waals surface area contributed by atoms with Gasteiger partial charge in [-0.25, -0.2) is 0 Å². The maximum Gasteiger partial charge on any atom is 1.00 e. The molecule has 0 radical (unpaired) electrons. The number of hydrogen-bond donors (Lipinski definition) is 0. The molecule has 0 amide bonds. The number of carbonyl (C=O) groups is 1. The van der Waals surface area contributed by atoms with Gasteiger partial charge in [0.05, 0.1) is 12.0 Å². The van der Waals surface area contributed by atoms with E-state index in [0.717, 1.165) is 0 Å². The number of likely N-dealkylation sites (N-methyl/N-ethyl adjacent to an activating group) is 1. The molecular formula is C7H10LiNO2. The first kappa shape index (κ1) is 9.12. The zero-order valence-corrected chi connectivity index (χ0v) is 6.91. The summed E-state index contributed by atoms with van der Waals surface area (Å²) < 4.78 is 0. The number of hydrogen-bond acceptors (Lipinski definition) is 3. The first-order chi connectivity index (χ1) is 4.72. The Morgan fingerprint density at radius 2 is 2.09 bits per heavy atom. The van der Waals surface area contributed by atoms with Gasteiger partial charge in [-0.15, -0.1) is 0 Å². The molecule has 1 aliphatic heterocycles. The second-order valence-corrected chi connectivity index (χ2v) is 3.26. The number of carboxylic acids is 1. The van der Waals surface area contributed by atoms with E-state index in [2.05, 4.69) is 0 Å². The van der Waals surface area contributed by atoms with Crippen LogP contribution in [0.3, 0.4) is 0 Å². The molecule has 3 nitrogen and oxygen atoms in total. The summed E-state index contributed by atoms with van der Waals surface area (Å²) in [6, 6.07) is 0.0394. The van der Waals surface area contributed by atoms with Crippen LogP contribution in [0, 0.1) is 5.92 Å². The Bertz CT molecular complexity index is 181. The van der Waals surface area contributed by atoms with E-state index in [4.69, 9.17) is 0 Å². The van der Waals surface area contributed by atoms with Crippen molar-refractivity contribution in [2.45, 2.75) is 24.9 Å². The summed E-state index contributed by atoms with van der Waals surface area (Å²) in [5.41, 5.74) is 0. The number of aliphatic carboxylic acids is 1. The number of carboxylic acid groups (broad SMARTS) is 1. The van der Waals surface area contributed by atoms with Gasteiger partial charge in [0.1, 0.15) is 0 Å². The van der Waals surface area contributed by atoms with Crippen molar-refractivity contribution in [3.63, 3.8) is 0 Å². The van der Waals surface area contributed by atoms with E-state index >= 15 is 0 Å². The van der Waals surface area contributed by atoms with Crippen LogP contribution in [0.15, 0.2) is 0 Å². The number of nitrogens with zero attached hydrogens (tertiary/aromatic N) is 1. The molecule has 0 spiro atoms. The summed E-state index contributed by atoms with van der Waals surface area (Å²) in [6.45, 7) is 0. The maximum atomic E-state index is 10.4. The molecule has 0 bridgehead atoms. The van der Waals surface area contributed by atoms with Crippen LogP contribution in [0.1, 0.15) is 12.8 Å². The third-order valence-corrected chi connectivity index (χ3v) is 2.49. The molecule has 11 heavy (non-hydrogen) atoms. The van der Waals surface area contributed by atoms with Crippen LogP contribution in [-0.2, 0) is 4.79 Å². The Morgan fingerprint density at radius 3 is 2.36 bits per heavy atom. The van der Waals surface area contributed by atoms with Crippen molar-refractivity contribution < 1.29 is 28.8 Å². The van der Waals surface area contributed by atoms with Crippen molar-refractivity contribution >= 4 is 5.97 Å². The van der Waals surface area contributed by atoms with Gasteiger partial charge in [0.25, 0.3) is 0 Å². The zero-order valence-electron chi connectivity index (χ0n) is 6.91. The largest absolute Gasteiger partial charge is 1.00 e. The number of rotatable bonds is 2. The third-order valence-electron chi connectivity index (χ3n) is 2.49. The van der Waals surface area contributed by atoms with E-state index in [9.17, 15) is 9.90 Å². The van der Waals surface area contributed by atoms with Crippen molar-refractivity contribution in [3.8, 4) is 0 Å². The Balaban J connectivity index is 0.000000605. The predicted molar refractivity (Wildman–Crippen MR) is 33.1 cm³/mol. The van der Waals surface area contributed by atoms with Crippen molar-refractivity contribution in [2.75, 3.05) is 7.05 Å². The normalized spacial score (nSPS) is 41.0. The second-order valence-electron chi connectivity index (χ2n) is 3.26. The van der Waals surface area contributed by atoms with Crippen molar-refractivity contribution in [2.24, 2.45) is 5.92 Å². The van der Waals surface area contributed by atoms with Crippen molar-refractivity contribution in [3.05, 3.63) is 0 Å². The summed E-state index contributed by atoms with van der Waals surface area (Å²) in [7, 11) is 1.85. The summed E-state index contributed by atoms with van der Waals surface area (Å²) in [4.78, 5) is 12.2. The van der Waals surface area contributed by atoms with Crippen LogP contribution >= 0.6 is 0 Å². The molecule has 4 heteroatoms. The Hall–Kier alpha value is 0.0274. The third kappa shape index (κ3) is 1.46. The van der Waals surface area contributed by atoms with E-state index in [0.29, 0.717) is 12.0 Å². The SMILES string of the molecule is CN1[C@H](C(=O)[O-])[C@@H]1C1CC1.[Li+]. The van der Waals surface area contributed by atoms with E-state index in [1.54, 1.807) is 0 Å². The molecule has 1 aliphatic carbocycles. The predicted octanol–water partition coefficient (Wildman–Crippen LogP) is -4.17. The van der Waals surface area contributed by atoms with E-state index in [1.807, 2.05) is 11.9 Å². The minimum absolute atomic E-state index is 0. The van der Waals surface area contributed by atoms with Crippen molar-refractivity contribution in [1.82, 2.24) is 4.90 Å². The van der Waals surface area contributed by atoms with Gasteiger partial charge < -0.3 is 9.90 Å². The first-order valence-electron chi connectivity index (χ1n) is 3.64. The molecule has 1 heterocycles. The number of carbonyl (C=O) groups excluding carboxylic acids is 1. The fourth-order valence-electron chi connectivity index (χ4n) is 1.70. The van der Waals surface area contributed by atoms with E-state index in [-0.39, 0.29) is 24.9 Å². The summed E-state index contributed by atoms with van der Waals surface area (Å²) >= 11 is 0. The van der Waals surface area contributed by atoms with Crippen LogP contribution in [-0.4, -0.2) is 30.0 Å².